The third kappa shape index (κ3) is 5.16. The molecule has 0 aromatic carbocycles. The fraction of sp³-hybridized carbons (Fsp3) is 0.688. The first kappa shape index (κ1) is 19.0. The monoisotopic (exact) mass is 298 g/mol. The number of carbonyl (C=O) groups is 1. The van der Waals surface area contributed by atoms with Crippen LogP contribution >= 0.6 is 0 Å². The molecule has 116 valence electrons. The third-order valence-electron chi connectivity index (χ3n) is 3.70. The predicted molar refractivity (Wildman–Crippen MR) is 87.0 cm³/mol. The average Bonchev–Trinajstić information content (AvgIpc) is 2.29. The van der Waals surface area contributed by atoms with Gasteiger partial charge >= 0.3 is 5.97 Å². The number of esters is 1. The molecule has 0 heterocycles. The second-order valence-electron chi connectivity index (χ2n) is 6.09. The normalized spacial score (nSPS) is 12.5. The zero-order chi connectivity index (χ0) is 15.9. The lowest BCUT2D eigenvalue weighted by Gasteiger charge is -2.42. The van der Waals surface area contributed by atoms with Gasteiger partial charge in [0.1, 0.15) is 6.61 Å². The lowest BCUT2D eigenvalue weighted by molar-refractivity contribution is -0.139. The van der Waals surface area contributed by atoms with Crippen molar-refractivity contribution in [3.05, 3.63) is 24.5 Å². The highest BCUT2D eigenvalue weighted by atomic mass is 28.4. The first-order valence-corrected chi connectivity index (χ1v) is 9.46. The van der Waals surface area contributed by atoms with Crippen molar-refractivity contribution in [3.8, 4) is 0 Å². The molecule has 4 heteroatoms. The van der Waals surface area contributed by atoms with Crippen LogP contribution in [-0.2, 0) is 14.0 Å². The Balaban J connectivity index is 4.83. The van der Waals surface area contributed by atoms with Crippen LogP contribution in [0.5, 0.6) is 0 Å². The van der Waals surface area contributed by atoms with Gasteiger partial charge in [0.25, 0.3) is 8.32 Å². The molecule has 0 saturated heterocycles. The van der Waals surface area contributed by atoms with Gasteiger partial charge in [-0.3, -0.25) is 4.79 Å². The molecule has 0 amide bonds. The van der Waals surface area contributed by atoms with Crippen LogP contribution in [0.1, 0.15) is 48.5 Å². The van der Waals surface area contributed by atoms with E-state index in [9.17, 15) is 4.79 Å². The topological polar surface area (TPSA) is 35.5 Å². The van der Waals surface area contributed by atoms with Crippen LogP contribution in [0.4, 0.5) is 0 Å². The van der Waals surface area contributed by atoms with E-state index in [1.807, 2.05) is 0 Å². The lowest BCUT2D eigenvalue weighted by atomic mass is 10.4. The summed E-state index contributed by atoms with van der Waals surface area (Å²) in [6, 6.07) is 0. The standard InChI is InChI=1S/C16H30O3Si/c1-12(2)20(13(3)4,14(5)6)19-15(7)10-9-11-18-16(8)17/h9-10,12-14H,7,11H2,1-6,8H3/b10-9+. The lowest BCUT2D eigenvalue weighted by Crippen LogP contribution is -2.47. The second-order valence-corrected chi connectivity index (χ2v) is 11.5. The molecule has 0 bridgehead atoms. The summed E-state index contributed by atoms with van der Waals surface area (Å²) in [7, 11) is -1.93. The maximum absolute atomic E-state index is 10.7. The summed E-state index contributed by atoms with van der Waals surface area (Å²) >= 11 is 0. The summed E-state index contributed by atoms with van der Waals surface area (Å²) in [5, 5.41) is 0. The van der Waals surface area contributed by atoms with Gasteiger partial charge in [0.05, 0.1) is 5.76 Å². The van der Waals surface area contributed by atoms with Crippen molar-refractivity contribution in [3.63, 3.8) is 0 Å². The zero-order valence-electron chi connectivity index (χ0n) is 14.0. The van der Waals surface area contributed by atoms with E-state index in [4.69, 9.17) is 9.16 Å². The first-order chi connectivity index (χ1) is 9.14. The molecule has 0 aromatic heterocycles. The molecule has 0 spiro atoms. The third-order valence-corrected chi connectivity index (χ3v) is 9.73. The van der Waals surface area contributed by atoms with Gasteiger partial charge in [-0.1, -0.05) is 48.1 Å². The van der Waals surface area contributed by atoms with Crippen molar-refractivity contribution < 1.29 is 14.0 Å². The molecule has 0 atom stereocenters. The van der Waals surface area contributed by atoms with E-state index in [0.717, 1.165) is 0 Å². The van der Waals surface area contributed by atoms with E-state index in [0.29, 0.717) is 22.4 Å². The summed E-state index contributed by atoms with van der Waals surface area (Å²) < 4.78 is 11.2. The van der Waals surface area contributed by atoms with Gasteiger partial charge in [0.15, 0.2) is 0 Å². The Hall–Kier alpha value is -1.03. The van der Waals surface area contributed by atoms with E-state index in [2.05, 4.69) is 48.1 Å². The average molecular weight is 298 g/mol. The molecular weight excluding hydrogens is 268 g/mol. The molecule has 0 aliphatic heterocycles. The Kier molecular flexibility index (Phi) is 7.87. The quantitative estimate of drug-likeness (QED) is 0.279. The van der Waals surface area contributed by atoms with Crippen molar-refractivity contribution >= 4 is 14.3 Å². The van der Waals surface area contributed by atoms with E-state index in [1.54, 1.807) is 12.2 Å². The Morgan fingerprint density at radius 1 is 1.10 bits per heavy atom. The minimum atomic E-state index is -1.93. The Bertz CT molecular complexity index is 335. The van der Waals surface area contributed by atoms with E-state index in [1.165, 1.54) is 6.92 Å². The van der Waals surface area contributed by atoms with Crippen molar-refractivity contribution in [2.45, 2.75) is 65.1 Å². The van der Waals surface area contributed by atoms with Crippen molar-refractivity contribution in [2.24, 2.45) is 0 Å². The van der Waals surface area contributed by atoms with Crippen LogP contribution in [-0.4, -0.2) is 20.9 Å². The van der Waals surface area contributed by atoms with Crippen LogP contribution in [0.15, 0.2) is 24.5 Å². The van der Waals surface area contributed by atoms with Gasteiger partial charge in [-0.25, -0.2) is 0 Å². The highest BCUT2D eigenvalue weighted by Gasteiger charge is 2.46. The van der Waals surface area contributed by atoms with Gasteiger partial charge < -0.3 is 9.16 Å². The molecule has 0 unspecified atom stereocenters. The van der Waals surface area contributed by atoms with Crippen LogP contribution in [0.3, 0.4) is 0 Å². The number of ether oxygens (including phenoxy) is 1. The molecule has 20 heavy (non-hydrogen) atoms. The molecule has 0 saturated carbocycles. The highest BCUT2D eigenvalue weighted by molar-refractivity contribution is 6.77. The molecule has 0 radical (unpaired) electrons. The fourth-order valence-corrected chi connectivity index (χ4v) is 8.19. The first-order valence-electron chi connectivity index (χ1n) is 7.32. The van der Waals surface area contributed by atoms with Crippen molar-refractivity contribution in [2.75, 3.05) is 6.61 Å². The van der Waals surface area contributed by atoms with Crippen LogP contribution in [0.25, 0.3) is 0 Å². The van der Waals surface area contributed by atoms with Crippen LogP contribution in [0, 0.1) is 0 Å². The van der Waals surface area contributed by atoms with Crippen molar-refractivity contribution in [1.82, 2.24) is 0 Å². The summed E-state index contributed by atoms with van der Waals surface area (Å²) in [4.78, 5) is 10.7. The second kappa shape index (κ2) is 8.30. The molecule has 0 aliphatic carbocycles. The van der Waals surface area contributed by atoms with E-state index in [-0.39, 0.29) is 12.6 Å². The molecular formula is C16H30O3Si. The molecule has 0 N–H and O–H groups in total. The largest absolute Gasteiger partial charge is 0.543 e. The number of rotatable bonds is 8. The number of hydrogen-bond donors (Lipinski definition) is 0. The van der Waals surface area contributed by atoms with Gasteiger partial charge in [0.2, 0.25) is 0 Å². The molecule has 0 fully saturated rings. The van der Waals surface area contributed by atoms with Crippen molar-refractivity contribution in [1.29, 1.82) is 0 Å². The highest BCUT2D eigenvalue weighted by Crippen LogP contribution is 2.43. The Morgan fingerprint density at radius 2 is 1.55 bits per heavy atom. The fourth-order valence-electron chi connectivity index (χ4n) is 2.96. The van der Waals surface area contributed by atoms with Gasteiger partial charge in [-0.15, -0.1) is 0 Å². The van der Waals surface area contributed by atoms with Crippen LogP contribution in [0.2, 0.25) is 16.6 Å². The van der Waals surface area contributed by atoms with E-state index < -0.39 is 8.32 Å². The Labute approximate surface area is 125 Å². The van der Waals surface area contributed by atoms with Gasteiger partial charge in [-0.05, 0) is 28.8 Å². The SMILES string of the molecule is C=C(/C=C/COC(C)=O)O[Si](C(C)C)(C(C)C)C(C)C. The molecule has 0 aliphatic rings. The minimum absolute atomic E-state index is 0.261. The number of allylic oxidation sites excluding steroid dienone is 1. The van der Waals surface area contributed by atoms with E-state index >= 15 is 0 Å². The molecule has 3 nitrogen and oxygen atoms in total. The van der Waals surface area contributed by atoms with Crippen LogP contribution < -0.4 is 0 Å². The summed E-state index contributed by atoms with van der Waals surface area (Å²) in [6.07, 6.45) is 3.57. The maximum Gasteiger partial charge on any atom is 0.302 e. The summed E-state index contributed by atoms with van der Waals surface area (Å²) in [6.45, 7) is 19.1. The van der Waals surface area contributed by atoms with Gasteiger partial charge in [0, 0.05) is 6.92 Å². The summed E-state index contributed by atoms with van der Waals surface area (Å²) in [5.74, 6) is 0.386. The van der Waals surface area contributed by atoms with Gasteiger partial charge in [-0.2, -0.15) is 0 Å². The number of carbonyl (C=O) groups excluding carboxylic acids is 1. The minimum Gasteiger partial charge on any atom is -0.543 e. The zero-order valence-corrected chi connectivity index (χ0v) is 15.0. The molecule has 0 rings (SSSR count). The number of hydrogen-bond acceptors (Lipinski definition) is 3. The Morgan fingerprint density at radius 3 is 1.90 bits per heavy atom. The maximum atomic E-state index is 10.7. The smallest absolute Gasteiger partial charge is 0.302 e. The summed E-state index contributed by atoms with van der Waals surface area (Å²) in [5.41, 5.74) is 1.54. The predicted octanol–water partition coefficient (Wildman–Crippen LogP) is 4.81. The molecule has 0 aromatic rings.